The second-order valence-corrected chi connectivity index (χ2v) is 22.9. The van der Waals surface area contributed by atoms with Gasteiger partial charge in [0.25, 0.3) is 0 Å². The molecular formula is C60H42N8SSi. The molecule has 6 aromatic heterocycles. The smallest absolute Gasteiger partial charge is 0.220 e. The van der Waals surface area contributed by atoms with Gasteiger partial charge in [0.2, 0.25) is 11.6 Å². The van der Waals surface area contributed by atoms with Crippen molar-refractivity contribution in [1.29, 1.82) is 0 Å². The Morgan fingerprint density at radius 2 is 0.900 bits per heavy atom. The van der Waals surface area contributed by atoms with Crippen molar-refractivity contribution < 1.29 is 8.22 Å². The second-order valence-electron chi connectivity index (χ2n) is 18.1. The lowest BCUT2D eigenvalue weighted by molar-refractivity contribution is 1.11. The highest BCUT2D eigenvalue weighted by Gasteiger charge is 2.43. The van der Waals surface area contributed by atoms with Crippen molar-refractivity contribution in [1.82, 2.24) is 37.3 Å². The van der Waals surface area contributed by atoms with Gasteiger partial charge in [-0.3, -0.25) is 22.3 Å². The summed E-state index contributed by atoms with van der Waals surface area (Å²) in [6.45, 7) is -2.68. The average Bonchev–Trinajstić information content (AvgIpc) is 4.45. The molecule has 0 amide bonds. The van der Waals surface area contributed by atoms with Crippen molar-refractivity contribution in [3.8, 4) is 11.4 Å². The molecule has 0 spiro atoms. The third-order valence-electron chi connectivity index (χ3n) is 14.4. The van der Waals surface area contributed by atoms with Crippen LogP contribution in [0.2, 0.25) is 0 Å². The first-order valence-electron chi connectivity index (χ1n) is 26.3. The van der Waals surface area contributed by atoms with Gasteiger partial charge in [-0.05, 0) is 125 Å². The van der Waals surface area contributed by atoms with Crippen LogP contribution in [0.4, 0.5) is 0 Å². The number of imidazole rings is 5. The second kappa shape index (κ2) is 14.5. The van der Waals surface area contributed by atoms with Crippen LogP contribution in [-0.2, 0) is 0 Å². The first kappa shape index (κ1) is 33.8. The maximum Gasteiger partial charge on any atom is 0.220 e. The average molecular weight is 941 g/mol. The molecule has 70 heavy (non-hydrogen) atoms. The summed E-state index contributed by atoms with van der Waals surface area (Å²) in [7, 11) is -3.24. The number of hydrogen-bond acceptors (Lipinski definition) is 4. The van der Waals surface area contributed by atoms with E-state index < -0.39 is 21.8 Å². The molecule has 0 aliphatic rings. The van der Waals surface area contributed by atoms with Crippen LogP contribution in [0.15, 0.2) is 200 Å². The molecule has 0 atom stereocenters. The lowest BCUT2D eigenvalue weighted by Gasteiger charge is -2.35. The Labute approximate surface area is 414 Å². The van der Waals surface area contributed by atoms with Crippen LogP contribution < -0.4 is 20.7 Å². The van der Waals surface area contributed by atoms with E-state index in [4.69, 9.17) is 23.2 Å². The van der Waals surface area contributed by atoms with E-state index in [0.29, 0.717) is 33.6 Å². The van der Waals surface area contributed by atoms with E-state index in [1.165, 1.54) is 20.3 Å². The van der Waals surface area contributed by atoms with Crippen LogP contribution in [0.3, 0.4) is 0 Å². The van der Waals surface area contributed by atoms with Crippen LogP contribution in [-0.4, -0.2) is 45.4 Å². The van der Waals surface area contributed by atoms with Gasteiger partial charge in [-0.1, -0.05) is 145 Å². The van der Waals surface area contributed by atoms with Crippen molar-refractivity contribution >= 4 is 122 Å². The maximum absolute atomic E-state index is 8.65. The van der Waals surface area contributed by atoms with E-state index in [2.05, 4.69) is 164 Å². The Hall–Kier alpha value is -8.57. The molecule has 0 N–H and O–H groups in total. The lowest BCUT2D eigenvalue weighted by Crippen LogP contribution is -2.74. The van der Waals surface area contributed by atoms with Gasteiger partial charge in [0.05, 0.1) is 71.1 Å². The molecule has 10 heteroatoms. The van der Waals surface area contributed by atoms with E-state index in [0.717, 1.165) is 65.7 Å². The van der Waals surface area contributed by atoms with Crippen LogP contribution in [0, 0.1) is 20.6 Å². The molecule has 0 aliphatic carbocycles. The van der Waals surface area contributed by atoms with E-state index in [1.807, 2.05) is 40.8 Å². The third-order valence-corrected chi connectivity index (χ3v) is 20.5. The predicted octanol–water partition coefficient (Wildman–Crippen LogP) is 11.5. The summed E-state index contributed by atoms with van der Waals surface area (Å²) in [6.07, 6.45) is 0. The molecule has 6 heterocycles. The molecule has 0 radical (unpaired) electrons. The Balaban J connectivity index is 1.02. The van der Waals surface area contributed by atoms with Gasteiger partial charge < -0.3 is 0 Å². The maximum atomic E-state index is 8.65. The van der Waals surface area contributed by atoms with Crippen LogP contribution in [0.25, 0.3) is 93.3 Å². The third kappa shape index (κ3) is 5.20. The van der Waals surface area contributed by atoms with Gasteiger partial charge in [-0.2, -0.15) is 0 Å². The quantitative estimate of drug-likeness (QED) is 0.123. The fraction of sp³-hybridized carbons (Fsp3) is 0.0500. The molecule has 0 fully saturated rings. The Kier molecular flexibility index (Phi) is 6.99. The summed E-state index contributed by atoms with van der Waals surface area (Å²) in [4.78, 5) is 16.6. The molecule has 332 valence electrons. The van der Waals surface area contributed by atoms with Crippen molar-refractivity contribution in [2.45, 2.75) is 20.6 Å². The van der Waals surface area contributed by atoms with Crippen molar-refractivity contribution in [2.24, 2.45) is 0 Å². The summed E-state index contributed by atoms with van der Waals surface area (Å²) in [5.41, 5.74) is 11.9. The number of aromatic nitrogens is 8. The van der Waals surface area contributed by atoms with Gasteiger partial charge in [-0.15, -0.1) is 0 Å². The molecule has 15 rings (SSSR count). The van der Waals surface area contributed by atoms with E-state index in [-0.39, 0.29) is 11.1 Å². The number of rotatable bonds is 6. The minimum Gasteiger partial charge on any atom is -0.283 e. The number of fused-ring (bicyclic) bond motifs is 15. The summed E-state index contributed by atoms with van der Waals surface area (Å²) in [6, 6.07) is 68.8. The molecule has 0 unspecified atom stereocenters. The zero-order chi connectivity index (χ0) is 51.4. The first-order chi connectivity index (χ1) is 36.9. The van der Waals surface area contributed by atoms with E-state index in [1.54, 1.807) is 35.6 Å². The van der Waals surface area contributed by atoms with Gasteiger partial charge in [0, 0.05) is 13.9 Å². The topological polar surface area (TPSA) is 61.8 Å². The highest BCUT2D eigenvalue weighted by molar-refractivity contribution is 7.29. The molecule has 0 saturated heterocycles. The highest BCUT2D eigenvalue weighted by Crippen LogP contribution is 2.36. The molecule has 8 nitrogen and oxygen atoms in total. The largest absolute Gasteiger partial charge is 0.283 e. The summed E-state index contributed by atoms with van der Waals surface area (Å²) in [5, 5.41) is 4.85. The molecule has 9 aromatic carbocycles. The SMILES string of the molecule is [2H]C([2H])([2H])c1cccc2c1nc1n(-c3ccc4c(c3)n3c5cccc(C([2H])([2H])[2H])c5nc3n4-c3cccc([Si](c4ccccc4)(c4ccccc4)c4cccc5c4sc4nc6c(C)cccc6n45)c3)c3ccccc3n21. The number of thiazole rings is 1. The Morgan fingerprint density at radius 1 is 0.400 bits per heavy atom. The molecule has 0 saturated carbocycles. The van der Waals surface area contributed by atoms with E-state index >= 15 is 0 Å². The van der Waals surface area contributed by atoms with E-state index in [9.17, 15) is 0 Å². The highest BCUT2D eigenvalue weighted by atomic mass is 32.1. The lowest BCUT2D eigenvalue weighted by atomic mass is 10.2. The van der Waals surface area contributed by atoms with Crippen LogP contribution >= 0.6 is 11.3 Å². The number of para-hydroxylation sites is 5. The minimum absolute atomic E-state index is 0.170. The molecule has 0 aliphatic heterocycles. The van der Waals surface area contributed by atoms with Crippen molar-refractivity contribution in [3.63, 3.8) is 0 Å². The zero-order valence-corrected chi connectivity index (χ0v) is 39.4. The predicted molar refractivity (Wildman–Crippen MR) is 292 cm³/mol. The fourth-order valence-corrected chi connectivity index (χ4v) is 18.0. The van der Waals surface area contributed by atoms with Crippen LogP contribution in [0.5, 0.6) is 0 Å². The first-order valence-corrected chi connectivity index (χ1v) is 26.1. The molecule has 15 aromatic rings. The number of benzene rings is 9. The molecular weight excluding hydrogens is 893 g/mol. The molecule has 0 bridgehead atoms. The summed E-state index contributed by atoms with van der Waals surface area (Å²) < 4.78 is 62.9. The number of aryl methyl sites for hydroxylation is 3. The standard InChI is InChI=1S/C60H42N8SSi/c1-37-17-12-28-48-54(37)61-58-65(45-26-10-11-27-46(45)66(48)58)41-33-34-47-52(36-41)67-49-29-13-18-38(2)55(49)62-59(67)64(47)40-20-15-25-44(35-40)70(42-21-6-4-7-22-42,43-23-8-5-9-24-43)53-32-16-31-51-57(53)69-60-63-56-39(3)19-14-30-50(56)68(51)60/h4-36H,1-3H3/i1D3,2D3. The van der Waals surface area contributed by atoms with Gasteiger partial charge >= 0.3 is 0 Å². The Bertz CT molecular complexity index is 4850. The summed E-state index contributed by atoms with van der Waals surface area (Å²) in [5.74, 6) is 1.12. The number of nitrogens with zero attached hydrogens (tertiary/aromatic N) is 8. The monoisotopic (exact) mass is 940 g/mol. The summed E-state index contributed by atoms with van der Waals surface area (Å²) >= 11 is 1.74. The van der Waals surface area contributed by atoms with Gasteiger partial charge in [-0.25, -0.2) is 15.0 Å². The normalized spacial score (nSPS) is 14.1. The van der Waals surface area contributed by atoms with Crippen LogP contribution in [0.1, 0.15) is 24.9 Å². The Morgan fingerprint density at radius 3 is 1.57 bits per heavy atom. The zero-order valence-electron chi connectivity index (χ0n) is 43.5. The number of hydrogen-bond donors (Lipinski definition) is 0. The van der Waals surface area contributed by atoms with Crippen molar-refractivity contribution in [2.75, 3.05) is 0 Å². The van der Waals surface area contributed by atoms with Crippen molar-refractivity contribution in [3.05, 3.63) is 217 Å². The van der Waals surface area contributed by atoms with Gasteiger partial charge in [0.1, 0.15) is 0 Å². The fourth-order valence-electron chi connectivity index (χ4n) is 11.5. The minimum atomic E-state index is -3.24. The van der Waals surface area contributed by atoms with Gasteiger partial charge in [0.15, 0.2) is 13.0 Å².